The van der Waals surface area contributed by atoms with E-state index < -0.39 is 0 Å². The molecule has 1 saturated heterocycles. The zero-order chi connectivity index (χ0) is 24.7. The molecule has 2 aliphatic rings. The van der Waals surface area contributed by atoms with Crippen LogP contribution in [0.5, 0.6) is 5.75 Å². The summed E-state index contributed by atoms with van der Waals surface area (Å²) in [6, 6.07) is 16.2. The van der Waals surface area contributed by atoms with Crippen LogP contribution in [0.3, 0.4) is 0 Å². The normalized spacial score (nSPS) is 20.3. The Bertz CT molecular complexity index is 1430. The van der Waals surface area contributed by atoms with Crippen LogP contribution in [0.4, 0.5) is 5.69 Å². The number of aromatic nitrogens is 2. The number of hydrogen-bond donors (Lipinski definition) is 0. The molecule has 0 N–H and O–H groups in total. The molecule has 5 rings (SSSR count). The fourth-order valence-electron chi connectivity index (χ4n) is 5.62. The summed E-state index contributed by atoms with van der Waals surface area (Å²) in [6.45, 7) is 6.27. The lowest BCUT2D eigenvalue weighted by atomic mass is 9.94. The SMILES string of the molecule is CC[C@@H]1CN2c3c(c(=O)n(C)c4ccc(C#N)nc34)OC[C@@H]2CN1[C@H](CC)c1cccc(C#N)c1. The average molecular weight is 469 g/mol. The number of rotatable bonds is 4. The van der Waals surface area contributed by atoms with Crippen LogP contribution >= 0.6 is 0 Å². The van der Waals surface area contributed by atoms with Gasteiger partial charge in [0.05, 0.1) is 23.2 Å². The second-order valence-corrected chi connectivity index (χ2v) is 9.26. The van der Waals surface area contributed by atoms with Crippen LogP contribution in [0.1, 0.15) is 49.6 Å². The van der Waals surface area contributed by atoms with Crippen LogP contribution in [0.2, 0.25) is 0 Å². The first-order valence-electron chi connectivity index (χ1n) is 12.1. The molecule has 0 spiro atoms. The van der Waals surface area contributed by atoms with Gasteiger partial charge in [-0.3, -0.25) is 9.69 Å². The van der Waals surface area contributed by atoms with Crippen molar-refractivity contribution >= 4 is 16.7 Å². The van der Waals surface area contributed by atoms with E-state index >= 15 is 0 Å². The van der Waals surface area contributed by atoms with Crippen molar-refractivity contribution in [1.82, 2.24) is 14.5 Å². The van der Waals surface area contributed by atoms with E-state index in [1.54, 1.807) is 23.7 Å². The molecule has 1 fully saturated rings. The molecule has 178 valence electrons. The Kier molecular flexibility index (Phi) is 5.92. The highest BCUT2D eigenvalue weighted by Gasteiger charge is 2.42. The van der Waals surface area contributed by atoms with Crippen molar-refractivity contribution in [2.24, 2.45) is 7.05 Å². The highest BCUT2D eigenvalue weighted by molar-refractivity contribution is 5.93. The van der Waals surface area contributed by atoms with Gasteiger partial charge in [0.25, 0.3) is 5.56 Å². The predicted molar refractivity (Wildman–Crippen MR) is 133 cm³/mol. The van der Waals surface area contributed by atoms with Crippen LogP contribution in [0.15, 0.2) is 41.2 Å². The fraction of sp³-hybridized carbons (Fsp3) is 0.407. The monoisotopic (exact) mass is 468 g/mol. The van der Waals surface area contributed by atoms with E-state index in [9.17, 15) is 15.3 Å². The van der Waals surface area contributed by atoms with Crippen molar-refractivity contribution in [3.8, 4) is 17.9 Å². The molecule has 0 aliphatic carbocycles. The summed E-state index contributed by atoms with van der Waals surface area (Å²) >= 11 is 0. The summed E-state index contributed by atoms with van der Waals surface area (Å²) in [5.74, 6) is 0.316. The van der Waals surface area contributed by atoms with Crippen molar-refractivity contribution in [3.05, 3.63) is 63.6 Å². The van der Waals surface area contributed by atoms with E-state index in [0.717, 1.165) is 31.5 Å². The number of aryl methyl sites for hydroxylation is 1. The van der Waals surface area contributed by atoms with E-state index in [1.165, 1.54) is 0 Å². The van der Waals surface area contributed by atoms with Gasteiger partial charge in [-0.05, 0) is 42.7 Å². The van der Waals surface area contributed by atoms with Crippen LogP contribution in [0, 0.1) is 22.7 Å². The van der Waals surface area contributed by atoms with Gasteiger partial charge in [-0.15, -0.1) is 0 Å². The van der Waals surface area contributed by atoms with Crippen LogP contribution in [-0.4, -0.2) is 46.2 Å². The molecule has 0 saturated carbocycles. The van der Waals surface area contributed by atoms with Crippen LogP contribution < -0.4 is 15.2 Å². The van der Waals surface area contributed by atoms with E-state index in [1.807, 2.05) is 18.2 Å². The molecule has 3 aromatic rings. The third kappa shape index (κ3) is 3.71. The summed E-state index contributed by atoms with van der Waals surface area (Å²) in [6.07, 6.45) is 1.86. The van der Waals surface area contributed by atoms with E-state index in [0.29, 0.717) is 40.3 Å². The minimum atomic E-state index is -0.187. The van der Waals surface area contributed by atoms with Crippen molar-refractivity contribution in [3.63, 3.8) is 0 Å². The number of nitrogens with zero attached hydrogens (tertiary/aromatic N) is 6. The summed E-state index contributed by atoms with van der Waals surface area (Å²) < 4.78 is 7.64. The third-order valence-corrected chi connectivity index (χ3v) is 7.39. The lowest BCUT2D eigenvalue weighted by Crippen LogP contribution is -2.62. The van der Waals surface area contributed by atoms with E-state index in [4.69, 9.17) is 4.74 Å². The third-order valence-electron chi connectivity index (χ3n) is 7.39. The number of hydrogen-bond acceptors (Lipinski definition) is 7. The maximum absolute atomic E-state index is 13.2. The fourth-order valence-corrected chi connectivity index (χ4v) is 5.62. The van der Waals surface area contributed by atoms with Gasteiger partial charge < -0.3 is 14.2 Å². The molecule has 0 amide bonds. The van der Waals surface area contributed by atoms with E-state index in [2.05, 4.69) is 46.8 Å². The Morgan fingerprint density at radius 3 is 2.71 bits per heavy atom. The first-order chi connectivity index (χ1) is 17.0. The smallest absolute Gasteiger partial charge is 0.295 e. The molecule has 3 atom stereocenters. The summed E-state index contributed by atoms with van der Waals surface area (Å²) in [5, 5.41) is 18.9. The Balaban J connectivity index is 1.58. The van der Waals surface area contributed by atoms with Gasteiger partial charge in [0.15, 0.2) is 0 Å². The highest BCUT2D eigenvalue weighted by atomic mass is 16.5. The molecule has 0 radical (unpaired) electrons. The Morgan fingerprint density at radius 2 is 2.00 bits per heavy atom. The van der Waals surface area contributed by atoms with Crippen molar-refractivity contribution in [2.45, 2.75) is 44.8 Å². The number of ether oxygens (including phenoxy) is 1. The minimum Gasteiger partial charge on any atom is -0.484 e. The van der Waals surface area contributed by atoms with Crippen molar-refractivity contribution in [1.29, 1.82) is 10.5 Å². The van der Waals surface area contributed by atoms with Crippen molar-refractivity contribution < 1.29 is 4.74 Å². The molecule has 1 aromatic carbocycles. The lowest BCUT2D eigenvalue weighted by Gasteiger charge is -2.51. The largest absolute Gasteiger partial charge is 0.484 e. The predicted octanol–water partition coefficient (Wildman–Crippen LogP) is 3.49. The zero-order valence-electron chi connectivity index (χ0n) is 20.2. The topological polar surface area (TPSA) is 98.2 Å². The zero-order valence-corrected chi connectivity index (χ0v) is 20.2. The lowest BCUT2D eigenvalue weighted by molar-refractivity contribution is 0.0720. The minimum absolute atomic E-state index is 0.0429. The van der Waals surface area contributed by atoms with E-state index in [-0.39, 0.29) is 23.7 Å². The number of fused-ring (bicyclic) bond motifs is 5. The average Bonchev–Trinajstić information content (AvgIpc) is 2.90. The van der Waals surface area contributed by atoms with Gasteiger partial charge in [0.2, 0.25) is 5.75 Å². The van der Waals surface area contributed by atoms with Crippen LogP contribution in [0.25, 0.3) is 11.0 Å². The molecule has 2 aromatic heterocycles. The standard InChI is InChI=1S/C27H28N6O2/c1-4-20-14-33-21(15-32(20)22(5-2)18-8-6-7-17(11-18)12-28)16-35-26-25(33)24-23(31(3)27(26)34)10-9-19(13-29)30-24/h6-11,20-22H,4-5,14-16H2,1-3H3/t20-,21+,22-/m1/s1. The Hall–Kier alpha value is -3.88. The maximum Gasteiger partial charge on any atom is 0.295 e. The summed E-state index contributed by atoms with van der Waals surface area (Å²) in [7, 11) is 1.71. The molecule has 8 nitrogen and oxygen atoms in total. The van der Waals surface area contributed by atoms with Gasteiger partial charge in [-0.25, -0.2) is 4.98 Å². The van der Waals surface area contributed by atoms with Crippen molar-refractivity contribution in [2.75, 3.05) is 24.6 Å². The molecule has 2 aliphatic heterocycles. The molecule has 4 heterocycles. The van der Waals surface area contributed by atoms with Gasteiger partial charge in [-0.2, -0.15) is 10.5 Å². The molecule has 35 heavy (non-hydrogen) atoms. The number of pyridine rings is 2. The molecular formula is C27H28N6O2. The first-order valence-corrected chi connectivity index (χ1v) is 12.1. The number of nitriles is 2. The molecule has 0 bridgehead atoms. The van der Waals surface area contributed by atoms with Gasteiger partial charge in [-0.1, -0.05) is 26.0 Å². The second-order valence-electron chi connectivity index (χ2n) is 9.26. The quantitative estimate of drug-likeness (QED) is 0.578. The molecule has 0 unspecified atom stereocenters. The Morgan fingerprint density at radius 1 is 1.17 bits per heavy atom. The van der Waals surface area contributed by atoms with Gasteiger partial charge >= 0.3 is 0 Å². The Labute approximate surface area is 204 Å². The first kappa shape index (κ1) is 22.9. The van der Waals surface area contributed by atoms with Gasteiger partial charge in [0.1, 0.15) is 29.6 Å². The van der Waals surface area contributed by atoms with Gasteiger partial charge in [0, 0.05) is 32.2 Å². The maximum atomic E-state index is 13.2. The number of benzene rings is 1. The highest BCUT2D eigenvalue weighted by Crippen LogP contribution is 2.41. The summed E-state index contributed by atoms with van der Waals surface area (Å²) in [5.41, 5.74) is 3.96. The molecular weight excluding hydrogens is 440 g/mol. The number of piperazine rings is 1. The summed E-state index contributed by atoms with van der Waals surface area (Å²) in [4.78, 5) is 22.6. The molecule has 8 heteroatoms. The second kappa shape index (κ2) is 9.05. The number of anilines is 1. The van der Waals surface area contributed by atoms with Crippen LogP contribution in [-0.2, 0) is 7.05 Å².